The predicted molar refractivity (Wildman–Crippen MR) is 75.8 cm³/mol. The first-order valence-electron chi connectivity index (χ1n) is 6.18. The van der Waals surface area contributed by atoms with Crippen molar-refractivity contribution >= 4 is 33.7 Å². The second-order valence-corrected chi connectivity index (χ2v) is 6.98. The van der Waals surface area contributed by atoms with Gasteiger partial charge in [-0.05, 0) is 26.7 Å². The Bertz CT molecular complexity index is 615. The Morgan fingerprint density at radius 2 is 2.11 bits per heavy atom. The Kier molecular flexibility index (Phi) is 3.32. The molecular weight excluding hydrogens is 280 g/mol. The average molecular weight is 294 g/mol. The van der Waals surface area contributed by atoms with E-state index in [0.29, 0.717) is 17.5 Å². The molecule has 1 N–H and O–H groups in total. The number of aryl methyl sites for hydroxylation is 2. The number of anilines is 1. The van der Waals surface area contributed by atoms with Gasteiger partial charge in [-0.25, -0.2) is 4.98 Å². The van der Waals surface area contributed by atoms with Crippen LogP contribution in [0.15, 0.2) is 0 Å². The molecule has 19 heavy (non-hydrogen) atoms. The van der Waals surface area contributed by atoms with Gasteiger partial charge >= 0.3 is 0 Å². The van der Waals surface area contributed by atoms with E-state index in [4.69, 9.17) is 0 Å². The number of thiazole rings is 1. The standard InChI is InChI=1S/C12H14N4OS2/c1-6-9(18-7(2)13-6)5-10(17)14-12-16-15-11(19-12)8-3-4-8/h8H,3-5H2,1-2H3,(H,14,16,17). The lowest BCUT2D eigenvalue weighted by atomic mass is 10.3. The maximum atomic E-state index is 11.9. The molecule has 100 valence electrons. The highest BCUT2D eigenvalue weighted by Crippen LogP contribution is 2.42. The van der Waals surface area contributed by atoms with Gasteiger partial charge in [-0.3, -0.25) is 4.79 Å². The first-order valence-corrected chi connectivity index (χ1v) is 7.81. The molecule has 1 fully saturated rings. The fraction of sp³-hybridized carbons (Fsp3) is 0.500. The topological polar surface area (TPSA) is 67.8 Å². The molecule has 7 heteroatoms. The molecule has 1 amide bonds. The van der Waals surface area contributed by atoms with Crippen LogP contribution in [-0.2, 0) is 11.2 Å². The third kappa shape index (κ3) is 2.98. The lowest BCUT2D eigenvalue weighted by molar-refractivity contribution is -0.115. The van der Waals surface area contributed by atoms with Crippen LogP contribution in [0, 0.1) is 13.8 Å². The molecule has 2 aromatic heterocycles. The summed E-state index contributed by atoms with van der Waals surface area (Å²) in [6, 6.07) is 0. The molecule has 1 saturated carbocycles. The van der Waals surface area contributed by atoms with Crippen molar-refractivity contribution in [1.29, 1.82) is 0 Å². The minimum Gasteiger partial charge on any atom is -0.300 e. The van der Waals surface area contributed by atoms with Gasteiger partial charge in [-0.15, -0.1) is 21.5 Å². The number of rotatable bonds is 4. The van der Waals surface area contributed by atoms with Crippen molar-refractivity contribution in [3.05, 3.63) is 20.6 Å². The van der Waals surface area contributed by atoms with Crippen molar-refractivity contribution in [2.24, 2.45) is 0 Å². The van der Waals surface area contributed by atoms with Crippen molar-refractivity contribution in [1.82, 2.24) is 15.2 Å². The molecule has 2 aromatic rings. The zero-order chi connectivity index (χ0) is 13.4. The molecular formula is C12H14N4OS2. The molecule has 0 unspecified atom stereocenters. The van der Waals surface area contributed by atoms with Gasteiger partial charge in [0.1, 0.15) is 5.01 Å². The van der Waals surface area contributed by atoms with Crippen LogP contribution in [0.3, 0.4) is 0 Å². The summed E-state index contributed by atoms with van der Waals surface area (Å²) in [4.78, 5) is 17.3. The Morgan fingerprint density at radius 3 is 2.74 bits per heavy atom. The average Bonchev–Trinajstić information content (AvgIpc) is 3.01. The Morgan fingerprint density at radius 1 is 1.32 bits per heavy atom. The first-order chi connectivity index (χ1) is 9.11. The molecule has 1 aliphatic rings. The third-order valence-electron chi connectivity index (χ3n) is 2.93. The highest BCUT2D eigenvalue weighted by Gasteiger charge is 2.27. The minimum absolute atomic E-state index is 0.0507. The lowest BCUT2D eigenvalue weighted by Crippen LogP contribution is -2.14. The van der Waals surface area contributed by atoms with Crippen LogP contribution >= 0.6 is 22.7 Å². The largest absolute Gasteiger partial charge is 0.300 e. The zero-order valence-electron chi connectivity index (χ0n) is 10.8. The van der Waals surface area contributed by atoms with Crippen LogP contribution in [0.1, 0.15) is 39.3 Å². The number of amides is 1. The van der Waals surface area contributed by atoms with E-state index < -0.39 is 0 Å². The summed E-state index contributed by atoms with van der Waals surface area (Å²) < 4.78 is 0. The Balaban J connectivity index is 1.62. The smallest absolute Gasteiger partial charge is 0.231 e. The summed E-state index contributed by atoms with van der Waals surface area (Å²) in [6.07, 6.45) is 2.75. The van der Waals surface area contributed by atoms with Gasteiger partial charge in [-0.1, -0.05) is 11.3 Å². The minimum atomic E-state index is -0.0507. The van der Waals surface area contributed by atoms with Crippen LogP contribution in [0.5, 0.6) is 0 Å². The second-order valence-electron chi connectivity index (χ2n) is 4.69. The van der Waals surface area contributed by atoms with E-state index in [1.165, 1.54) is 24.2 Å². The number of carbonyl (C=O) groups excluding carboxylic acids is 1. The van der Waals surface area contributed by atoms with Gasteiger partial charge in [0, 0.05) is 10.8 Å². The van der Waals surface area contributed by atoms with Gasteiger partial charge in [0.05, 0.1) is 17.1 Å². The molecule has 0 aliphatic heterocycles. The van der Waals surface area contributed by atoms with Crippen molar-refractivity contribution < 1.29 is 4.79 Å². The molecule has 0 bridgehead atoms. The van der Waals surface area contributed by atoms with E-state index in [-0.39, 0.29) is 5.91 Å². The van der Waals surface area contributed by atoms with Gasteiger partial charge in [0.15, 0.2) is 0 Å². The van der Waals surface area contributed by atoms with Crippen molar-refractivity contribution in [3.8, 4) is 0 Å². The molecule has 0 atom stereocenters. The van der Waals surface area contributed by atoms with E-state index in [9.17, 15) is 4.79 Å². The van der Waals surface area contributed by atoms with E-state index in [1.54, 1.807) is 11.3 Å². The van der Waals surface area contributed by atoms with Crippen LogP contribution in [-0.4, -0.2) is 21.1 Å². The molecule has 3 rings (SSSR count). The van der Waals surface area contributed by atoms with E-state index >= 15 is 0 Å². The zero-order valence-corrected chi connectivity index (χ0v) is 12.4. The third-order valence-corrected chi connectivity index (χ3v) is 5.01. The van der Waals surface area contributed by atoms with Crippen LogP contribution in [0.25, 0.3) is 0 Å². The van der Waals surface area contributed by atoms with E-state index in [2.05, 4.69) is 20.5 Å². The van der Waals surface area contributed by atoms with E-state index in [1.807, 2.05) is 13.8 Å². The quantitative estimate of drug-likeness (QED) is 0.941. The highest BCUT2D eigenvalue weighted by molar-refractivity contribution is 7.15. The van der Waals surface area contributed by atoms with Crippen LogP contribution in [0.4, 0.5) is 5.13 Å². The second kappa shape index (κ2) is 4.97. The number of nitrogens with zero attached hydrogens (tertiary/aromatic N) is 3. The SMILES string of the molecule is Cc1nc(C)c(CC(=O)Nc2nnc(C3CC3)s2)s1. The van der Waals surface area contributed by atoms with Gasteiger partial charge < -0.3 is 5.32 Å². The molecule has 1 aliphatic carbocycles. The number of hydrogen-bond donors (Lipinski definition) is 1. The summed E-state index contributed by atoms with van der Waals surface area (Å²) in [5.74, 6) is 0.528. The lowest BCUT2D eigenvalue weighted by Gasteiger charge is -1.99. The fourth-order valence-corrected chi connectivity index (χ4v) is 3.69. The molecule has 5 nitrogen and oxygen atoms in total. The summed E-state index contributed by atoms with van der Waals surface area (Å²) >= 11 is 3.05. The Hall–Kier alpha value is -1.34. The number of nitrogens with one attached hydrogen (secondary N) is 1. The van der Waals surface area contributed by atoms with Crippen LogP contribution in [0.2, 0.25) is 0 Å². The fourth-order valence-electron chi connectivity index (χ4n) is 1.83. The van der Waals surface area contributed by atoms with Gasteiger partial charge in [0.25, 0.3) is 0 Å². The summed E-state index contributed by atoms with van der Waals surface area (Å²) in [5, 5.41) is 13.6. The van der Waals surface area contributed by atoms with Gasteiger partial charge in [0.2, 0.25) is 11.0 Å². The maximum absolute atomic E-state index is 11.9. The monoisotopic (exact) mass is 294 g/mol. The number of hydrogen-bond acceptors (Lipinski definition) is 6. The molecule has 2 heterocycles. The van der Waals surface area contributed by atoms with Gasteiger partial charge in [-0.2, -0.15) is 0 Å². The molecule has 0 saturated heterocycles. The van der Waals surface area contributed by atoms with Crippen molar-refractivity contribution in [3.63, 3.8) is 0 Å². The first kappa shape index (κ1) is 12.7. The van der Waals surface area contributed by atoms with Crippen molar-refractivity contribution in [2.45, 2.75) is 39.0 Å². The molecule has 0 aromatic carbocycles. The maximum Gasteiger partial charge on any atom is 0.231 e. The highest BCUT2D eigenvalue weighted by atomic mass is 32.1. The predicted octanol–water partition coefficient (Wildman–Crippen LogP) is 2.67. The summed E-state index contributed by atoms with van der Waals surface area (Å²) in [5.41, 5.74) is 0.939. The normalized spacial score (nSPS) is 14.6. The number of carbonyl (C=O) groups is 1. The van der Waals surface area contributed by atoms with E-state index in [0.717, 1.165) is 20.6 Å². The van der Waals surface area contributed by atoms with Crippen LogP contribution < -0.4 is 5.32 Å². The molecule has 0 radical (unpaired) electrons. The summed E-state index contributed by atoms with van der Waals surface area (Å²) in [6.45, 7) is 3.88. The summed E-state index contributed by atoms with van der Waals surface area (Å²) in [7, 11) is 0. The molecule has 0 spiro atoms. The number of aromatic nitrogens is 3. The Labute approximate surface area is 119 Å². The van der Waals surface area contributed by atoms with Crippen molar-refractivity contribution in [2.75, 3.05) is 5.32 Å².